The number of hydrogen-bond donors (Lipinski definition) is 3. The van der Waals surface area contributed by atoms with Gasteiger partial charge >= 0.3 is 0 Å². The average Bonchev–Trinajstić information content (AvgIpc) is 3.93. The van der Waals surface area contributed by atoms with Gasteiger partial charge in [-0.2, -0.15) is 0 Å². The number of likely N-dealkylation sites (tertiary alicyclic amines) is 2. The van der Waals surface area contributed by atoms with E-state index in [1.807, 2.05) is 104 Å². The minimum Gasteiger partial charge on any atom is -0.468 e. The van der Waals surface area contributed by atoms with Crippen molar-refractivity contribution >= 4 is 56.4 Å². The Balaban J connectivity index is 0.000000176. The third-order valence-corrected chi connectivity index (χ3v) is 14.3. The van der Waals surface area contributed by atoms with E-state index in [-0.39, 0.29) is 6.61 Å². The van der Waals surface area contributed by atoms with Crippen LogP contribution in [-0.2, 0) is 32.8 Å². The fraction of sp³-hybridized carbons (Fsp3) is 0.333. The van der Waals surface area contributed by atoms with Gasteiger partial charge in [0.2, 0.25) is 0 Å². The van der Waals surface area contributed by atoms with Gasteiger partial charge in [0.15, 0.2) is 0 Å². The summed E-state index contributed by atoms with van der Waals surface area (Å²) in [5.74, 6) is 1.02. The molecular weight excluding hydrogens is 928 g/mol. The molecule has 3 aromatic carbocycles. The molecule has 0 aliphatic carbocycles. The number of halogens is 2. The topological polar surface area (TPSA) is 122 Å². The predicted octanol–water partition coefficient (Wildman–Crippen LogP) is 10.8. The van der Waals surface area contributed by atoms with Gasteiger partial charge in [-0.3, -0.25) is 29.7 Å². The fourth-order valence-electron chi connectivity index (χ4n) is 9.93. The number of aromatic nitrogens is 4. The highest BCUT2D eigenvalue weighted by atomic mass is 35.5. The normalized spacial score (nSPS) is 15.1. The van der Waals surface area contributed by atoms with E-state index >= 15 is 0 Å². The number of furan rings is 1. The van der Waals surface area contributed by atoms with Crippen LogP contribution in [0.4, 0.5) is 11.4 Å². The van der Waals surface area contributed by atoms with Crippen LogP contribution >= 0.6 is 23.2 Å². The van der Waals surface area contributed by atoms with Crippen molar-refractivity contribution in [2.24, 2.45) is 0 Å². The second-order valence-corrected chi connectivity index (χ2v) is 19.5. The van der Waals surface area contributed by atoms with Gasteiger partial charge in [-0.05, 0) is 159 Å². The maximum absolute atomic E-state index is 9.38. The Labute approximate surface area is 427 Å². The summed E-state index contributed by atoms with van der Waals surface area (Å²) in [4.78, 5) is 27.5. The number of pyridine rings is 4. The lowest BCUT2D eigenvalue weighted by Gasteiger charge is -2.39. The maximum atomic E-state index is 9.38. The molecule has 0 unspecified atom stereocenters. The Morgan fingerprint density at radius 2 is 0.986 bits per heavy atom. The molecule has 5 aromatic heterocycles. The zero-order valence-electron chi connectivity index (χ0n) is 40.3. The first kappa shape index (κ1) is 50.0. The summed E-state index contributed by atoms with van der Waals surface area (Å²) in [6.45, 7) is 11.9. The zero-order valence-corrected chi connectivity index (χ0v) is 41.8. The molecule has 14 heteroatoms. The highest BCUT2D eigenvalue weighted by Crippen LogP contribution is 2.28. The second-order valence-electron chi connectivity index (χ2n) is 18.6. The molecule has 7 heterocycles. The molecule has 71 heavy (non-hydrogen) atoms. The number of aliphatic hydroxyl groups is 1. The Morgan fingerprint density at radius 3 is 1.44 bits per heavy atom. The van der Waals surface area contributed by atoms with Gasteiger partial charge in [0.1, 0.15) is 5.76 Å². The summed E-state index contributed by atoms with van der Waals surface area (Å²) in [7, 11) is 0. The van der Waals surface area contributed by atoms with Gasteiger partial charge in [0.25, 0.3) is 0 Å². The summed E-state index contributed by atoms with van der Waals surface area (Å²) in [6, 6.07) is 37.7. The zero-order chi connectivity index (χ0) is 48.6. The van der Waals surface area contributed by atoms with Gasteiger partial charge in [-0.1, -0.05) is 47.5 Å². The lowest BCUT2D eigenvalue weighted by atomic mass is 10.0. The van der Waals surface area contributed by atoms with Crippen molar-refractivity contribution in [3.8, 4) is 0 Å². The smallest absolute Gasteiger partial charge is 0.117 e. The number of hydrogen-bond acceptors (Lipinski definition) is 12. The molecule has 0 radical (unpaired) electrons. The van der Waals surface area contributed by atoms with Crippen LogP contribution in [0.2, 0.25) is 10.0 Å². The van der Waals surface area contributed by atoms with Crippen LogP contribution in [-0.4, -0.2) is 109 Å². The summed E-state index contributed by atoms with van der Waals surface area (Å²) in [5.41, 5.74) is 8.87. The molecule has 12 nitrogen and oxygen atoms in total. The van der Waals surface area contributed by atoms with Gasteiger partial charge in [-0.15, -0.1) is 0 Å². The van der Waals surface area contributed by atoms with Crippen LogP contribution in [0.5, 0.6) is 0 Å². The van der Waals surface area contributed by atoms with Crippen LogP contribution in [0.15, 0.2) is 157 Å². The molecule has 368 valence electrons. The van der Waals surface area contributed by atoms with Crippen LogP contribution in [0.3, 0.4) is 0 Å². The lowest BCUT2D eigenvalue weighted by Crippen LogP contribution is -2.45. The summed E-state index contributed by atoms with van der Waals surface area (Å²) < 4.78 is 5.66. The number of rotatable bonds is 19. The first-order valence-electron chi connectivity index (χ1n) is 24.9. The van der Waals surface area contributed by atoms with E-state index < -0.39 is 0 Å². The molecule has 0 saturated carbocycles. The average molecular weight is 992 g/mol. The van der Waals surface area contributed by atoms with E-state index in [0.29, 0.717) is 22.1 Å². The van der Waals surface area contributed by atoms with Crippen molar-refractivity contribution in [3.63, 3.8) is 0 Å². The van der Waals surface area contributed by atoms with Crippen LogP contribution in [0.1, 0.15) is 53.7 Å². The van der Waals surface area contributed by atoms with Crippen molar-refractivity contribution in [2.45, 2.75) is 70.6 Å². The van der Waals surface area contributed by atoms with Crippen molar-refractivity contribution in [3.05, 3.63) is 191 Å². The van der Waals surface area contributed by atoms with E-state index in [9.17, 15) is 5.11 Å². The minimum atomic E-state index is 0.0834. The van der Waals surface area contributed by atoms with E-state index in [0.717, 1.165) is 149 Å². The molecule has 0 amide bonds. The van der Waals surface area contributed by atoms with Gasteiger partial charge in [0.05, 0.1) is 30.4 Å². The fourth-order valence-corrected chi connectivity index (χ4v) is 10.3. The number of nitrogens with zero attached hydrogens (tertiary/aromatic N) is 8. The SMILES string of the molecule is Clc1ccc2c(NCCN3CCC(N(Cc4ccncc4)Cc4ccco4)CC3)ccnc2c1.OCc1ccc(CN(Cc2ccncc2)C2CCN(CCNc3ccnc4cc(Cl)ccc34)CC2)cc1. The minimum absolute atomic E-state index is 0.0834. The van der Waals surface area contributed by atoms with Crippen LogP contribution in [0.25, 0.3) is 21.8 Å². The Kier molecular flexibility index (Phi) is 17.9. The molecule has 2 aliphatic rings. The second kappa shape index (κ2) is 25.4. The van der Waals surface area contributed by atoms with Gasteiger partial charge in [0, 0.05) is 127 Å². The van der Waals surface area contributed by atoms with E-state index in [4.69, 9.17) is 27.6 Å². The molecule has 8 aromatic rings. The van der Waals surface area contributed by atoms with Crippen LogP contribution in [0, 0.1) is 0 Å². The van der Waals surface area contributed by atoms with Crippen molar-refractivity contribution in [1.29, 1.82) is 0 Å². The molecule has 2 saturated heterocycles. The van der Waals surface area contributed by atoms with E-state index in [1.54, 1.807) is 6.26 Å². The highest BCUT2D eigenvalue weighted by Gasteiger charge is 2.27. The molecule has 3 N–H and O–H groups in total. The maximum Gasteiger partial charge on any atom is 0.117 e. The summed E-state index contributed by atoms with van der Waals surface area (Å²) in [6.07, 6.45) is 17.5. The largest absolute Gasteiger partial charge is 0.468 e. The summed E-state index contributed by atoms with van der Waals surface area (Å²) in [5, 5.41) is 20.2. The number of benzene rings is 3. The standard InChI is InChI=1S/C30H34ClN5O.C27H30ClN5O/c31-26-5-6-28-29(9-14-33-30(28)19-26)34-15-18-35-16-10-27(11-17-35)36(21-24-7-12-32-13-8-24)20-23-1-3-25(22-37)4-2-23;28-22-3-4-25-26(7-12-30-27(25)18-22)31-13-16-32-14-8-23(9-15-32)33(20-24-2-1-17-34-24)19-21-5-10-29-11-6-21/h1-9,12-14,19,27,37H,10-11,15-18,20-22H2,(H,33,34);1-7,10-12,17-18,23H,8-9,13-16,19-20H2,(H,30,31). The Morgan fingerprint density at radius 1 is 0.535 bits per heavy atom. The lowest BCUT2D eigenvalue weighted by molar-refractivity contribution is 0.0925. The predicted molar refractivity (Wildman–Crippen MR) is 287 cm³/mol. The molecule has 10 rings (SSSR count). The van der Waals surface area contributed by atoms with Gasteiger partial charge in [-0.25, -0.2) is 0 Å². The van der Waals surface area contributed by atoms with E-state index in [1.165, 1.54) is 16.7 Å². The quantitative estimate of drug-likeness (QED) is 0.0715. The van der Waals surface area contributed by atoms with Crippen molar-refractivity contribution < 1.29 is 9.52 Å². The first-order chi connectivity index (χ1) is 34.9. The molecule has 2 aliphatic heterocycles. The highest BCUT2D eigenvalue weighted by molar-refractivity contribution is 6.31. The van der Waals surface area contributed by atoms with Crippen molar-refractivity contribution in [2.75, 3.05) is 63.0 Å². The number of fused-ring (bicyclic) bond motifs is 2. The Bertz CT molecular complexity index is 2840. The molecule has 0 atom stereocenters. The third-order valence-electron chi connectivity index (χ3n) is 13.8. The van der Waals surface area contributed by atoms with Crippen molar-refractivity contribution in [1.82, 2.24) is 39.5 Å². The van der Waals surface area contributed by atoms with Gasteiger partial charge < -0.3 is 30.0 Å². The molecular formula is C57H64Cl2N10O2. The number of nitrogens with one attached hydrogen (secondary N) is 2. The van der Waals surface area contributed by atoms with Crippen LogP contribution < -0.4 is 10.6 Å². The monoisotopic (exact) mass is 990 g/mol. The third kappa shape index (κ3) is 14.4. The number of anilines is 2. The number of aliphatic hydroxyl groups excluding tert-OH is 1. The first-order valence-corrected chi connectivity index (χ1v) is 25.7. The number of piperidine rings is 2. The van der Waals surface area contributed by atoms with E-state index in [2.05, 4.69) is 92.6 Å². The molecule has 2 fully saturated rings. The summed E-state index contributed by atoms with van der Waals surface area (Å²) >= 11 is 12.2. The molecule has 0 spiro atoms. The molecule has 0 bridgehead atoms. The Hall–Kier alpha value is -5.96.